The van der Waals surface area contributed by atoms with Gasteiger partial charge in [0.15, 0.2) is 0 Å². The number of carbonyl (C=O) groups excluding carboxylic acids is 1. The molecule has 12 heteroatoms. The Morgan fingerprint density at radius 1 is 1.05 bits per heavy atom. The summed E-state index contributed by atoms with van der Waals surface area (Å²) in [7, 11) is 1.97. The number of alkyl halides is 3. The van der Waals surface area contributed by atoms with Gasteiger partial charge >= 0.3 is 6.18 Å². The van der Waals surface area contributed by atoms with E-state index >= 15 is 4.39 Å². The van der Waals surface area contributed by atoms with Crippen LogP contribution in [0.3, 0.4) is 0 Å². The first-order chi connectivity index (χ1) is 17.3. The summed E-state index contributed by atoms with van der Waals surface area (Å²) >= 11 is 0. The number of anilines is 1. The molecule has 0 bridgehead atoms. The van der Waals surface area contributed by atoms with Crippen LogP contribution >= 0.6 is 0 Å². The summed E-state index contributed by atoms with van der Waals surface area (Å²) in [5, 5.41) is 0. The molecule has 3 heterocycles. The highest BCUT2D eigenvalue weighted by molar-refractivity contribution is 5.94. The summed E-state index contributed by atoms with van der Waals surface area (Å²) in [6.07, 6.45) is -1.38. The number of amides is 1. The van der Waals surface area contributed by atoms with Gasteiger partial charge in [0.25, 0.3) is 11.5 Å². The third-order valence-electron chi connectivity index (χ3n) is 6.74. The molecule has 1 aliphatic rings. The molecule has 2 atom stereocenters. The molecule has 2 aromatic heterocycles. The molecule has 0 spiro atoms. The van der Waals surface area contributed by atoms with Crippen molar-refractivity contribution < 1.29 is 22.4 Å². The molecule has 1 saturated heterocycles. The van der Waals surface area contributed by atoms with Crippen molar-refractivity contribution in [3.05, 3.63) is 69.9 Å². The molecule has 0 unspecified atom stereocenters. The monoisotopic (exact) mass is 518 g/mol. The van der Waals surface area contributed by atoms with E-state index in [1.807, 2.05) is 25.8 Å². The lowest BCUT2D eigenvalue weighted by molar-refractivity contribution is -0.138. The maximum absolute atomic E-state index is 15.5. The first-order valence-electron chi connectivity index (χ1n) is 11.5. The van der Waals surface area contributed by atoms with Gasteiger partial charge in [0.05, 0.1) is 22.5 Å². The minimum Gasteiger partial charge on any atom is -0.367 e. The van der Waals surface area contributed by atoms with Crippen molar-refractivity contribution in [1.82, 2.24) is 19.4 Å². The second kappa shape index (κ2) is 9.58. The van der Waals surface area contributed by atoms with E-state index in [1.54, 1.807) is 6.92 Å². The largest absolute Gasteiger partial charge is 0.417 e. The fraction of sp³-hybridized carbons (Fsp3) is 0.360. The van der Waals surface area contributed by atoms with Crippen LogP contribution in [0.2, 0.25) is 0 Å². The quantitative estimate of drug-likeness (QED) is 0.532. The van der Waals surface area contributed by atoms with Crippen LogP contribution in [-0.4, -0.2) is 57.6 Å². The Morgan fingerprint density at radius 3 is 2.19 bits per heavy atom. The predicted octanol–water partition coefficient (Wildman–Crippen LogP) is 3.39. The van der Waals surface area contributed by atoms with Gasteiger partial charge in [-0.2, -0.15) is 13.2 Å². The fourth-order valence-corrected chi connectivity index (χ4v) is 4.50. The number of pyridine rings is 1. The summed E-state index contributed by atoms with van der Waals surface area (Å²) in [4.78, 5) is 37.2. The number of hydrogen-bond donors (Lipinski definition) is 1. The Hall–Kier alpha value is -3.80. The van der Waals surface area contributed by atoms with E-state index in [2.05, 4.69) is 14.9 Å². The van der Waals surface area contributed by atoms with Crippen LogP contribution in [0.1, 0.15) is 35.6 Å². The molecule has 37 heavy (non-hydrogen) atoms. The van der Waals surface area contributed by atoms with Crippen molar-refractivity contribution >= 4 is 11.6 Å². The van der Waals surface area contributed by atoms with Crippen molar-refractivity contribution in [1.29, 1.82) is 0 Å². The summed E-state index contributed by atoms with van der Waals surface area (Å²) in [6.45, 7) is 6.59. The molecule has 1 aliphatic heterocycles. The van der Waals surface area contributed by atoms with Crippen LogP contribution in [0.25, 0.3) is 16.8 Å². The zero-order chi connectivity index (χ0) is 27.2. The number of carbonyl (C=O) groups is 1. The maximum atomic E-state index is 15.5. The molecule has 1 fully saturated rings. The molecule has 0 radical (unpaired) electrons. The van der Waals surface area contributed by atoms with Gasteiger partial charge in [-0.1, -0.05) is 0 Å². The van der Waals surface area contributed by atoms with E-state index in [0.29, 0.717) is 36.2 Å². The van der Waals surface area contributed by atoms with Crippen molar-refractivity contribution in [2.45, 2.75) is 39.0 Å². The predicted molar refractivity (Wildman–Crippen MR) is 130 cm³/mol. The number of aryl methyl sites for hydroxylation is 1. The molecular formula is C25H26F4N6O2. The zero-order valence-corrected chi connectivity index (χ0v) is 20.7. The summed E-state index contributed by atoms with van der Waals surface area (Å²) < 4.78 is 57.0. The minimum absolute atomic E-state index is 0.0430. The van der Waals surface area contributed by atoms with E-state index < -0.39 is 34.6 Å². The lowest BCUT2D eigenvalue weighted by atomic mass is 10.0. The van der Waals surface area contributed by atoms with E-state index in [9.17, 15) is 22.8 Å². The van der Waals surface area contributed by atoms with Gasteiger partial charge in [-0.05, 0) is 40.0 Å². The average Bonchev–Trinajstić information content (AvgIpc) is 2.82. The smallest absolute Gasteiger partial charge is 0.367 e. The number of benzene rings is 1. The minimum atomic E-state index is -4.97. The first-order valence-corrected chi connectivity index (χ1v) is 11.5. The fourth-order valence-electron chi connectivity index (χ4n) is 4.50. The molecular weight excluding hydrogens is 492 g/mol. The topological polar surface area (TPSA) is 97.3 Å². The standard InChI is InChI=1S/C25H26F4N6O2/c1-13-10-34(11-14(2)33(13)4)21-7-20(26)17(16-8-31-15(3)32-9-16)5-22(21)35-12-18(24(30)37)19(6-23(35)36)25(27,28)29/h5-9,12-14H,10-11H2,1-4H3,(H2,30,37)/t13-,14+. The molecule has 0 saturated carbocycles. The number of piperazine rings is 1. The van der Waals surface area contributed by atoms with E-state index in [1.165, 1.54) is 24.5 Å². The molecule has 1 amide bonds. The zero-order valence-electron chi connectivity index (χ0n) is 20.7. The van der Waals surface area contributed by atoms with Crippen LogP contribution in [0.15, 0.2) is 41.6 Å². The molecule has 196 valence electrons. The highest BCUT2D eigenvalue weighted by Crippen LogP contribution is 2.36. The average molecular weight is 519 g/mol. The van der Waals surface area contributed by atoms with Gasteiger partial charge in [-0.3, -0.25) is 19.1 Å². The molecule has 3 aromatic rings. The third-order valence-corrected chi connectivity index (χ3v) is 6.74. The van der Waals surface area contributed by atoms with Gasteiger partial charge in [0, 0.05) is 61.0 Å². The highest BCUT2D eigenvalue weighted by Gasteiger charge is 2.36. The van der Waals surface area contributed by atoms with Crippen LogP contribution in [-0.2, 0) is 6.18 Å². The molecule has 4 rings (SSSR count). The molecule has 0 aliphatic carbocycles. The van der Waals surface area contributed by atoms with Crippen LogP contribution in [0, 0.1) is 12.7 Å². The Labute approximate surface area is 210 Å². The van der Waals surface area contributed by atoms with Gasteiger partial charge in [0.2, 0.25) is 0 Å². The Kier molecular flexibility index (Phi) is 6.80. The Morgan fingerprint density at radius 2 is 1.65 bits per heavy atom. The van der Waals surface area contributed by atoms with Gasteiger partial charge in [-0.25, -0.2) is 14.4 Å². The Balaban J connectivity index is 2.00. The van der Waals surface area contributed by atoms with Crippen molar-refractivity contribution in [3.8, 4) is 16.8 Å². The lowest BCUT2D eigenvalue weighted by Gasteiger charge is -2.44. The second-order valence-corrected chi connectivity index (χ2v) is 9.28. The van der Waals surface area contributed by atoms with E-state index in [4.69, 9.17) is 5.73 Å². The van der Waals surface area contributed by atoms with Gasteiger partial charge in [0.1, 0.15) is 11.6 Å². The van der Waals surface area contributed by atoms with E-state index in [-0.39, 0.29) is 23.3 Å². The second-order valence-electron chi connectivity index (χ2n) is 9.28. The number of aromatic nitrogens is 3. The number of halogens is 4. The van der Waals surface area contributed by atoms with Gasteiger partial charge < -0.3 is 10.6 Å². The number of likely N-dealkylation sites (N-methyl/N-ethyl adjacent to an activating group) is 1. The van der Waals surface area contributed by atoms with Crippen molar-refractivity contribution in [2.24, 2.45) is 5.73 Å². The number of nitrogens with zero attached hydrogens (tertiary/aromatic N) is 5. The molecule has 1 aromatic carbocycles. The van der Waals surface area contributed by atoms with E-state index in [0.717, 1.165) is 10.8 Å². The highest BCUT2D eigenvalue weighted by atomic mass is 19.4. The lowest BCUT2D eigenvalue weighted by Crippen LogP contribution is -2.55. The van der Waals surface area contributed by atoms with Crippen molar-refractivity contribution in [3.63, 3.8) is 0 Å². The van der Waals surface area contributed by atoms with Crippen molar-refractivity contribution in [2.75, 3.05) is 25.0 Å². The normalized spacial score (nSPS) is 18.8. The number of rotatable bonds is 4. The maximum Gasteiger partial charge on any atom is 0.417 e. The first kappa shape index (κ1) is 26.3. The third kappa shape index (κ3) is 5.06. The SMILES string of the molecule is Cc1ncc(-c2cc(-n3cc(C(N)=O)c(C(F)(F)F)cc3=O)c(N3C[C@@H](C)N(C)[C@@H](C)C3)cc2F)cn1. The summed E-state index contributed by atoms with van der Waals surface area (Å²) in [5.74, 6) is -1.51. The van der Waals surface area contributed by atoms with Crippen LogP contribution in [0.5, 0.6) is 0 Å². The summed E-state index contributed by atoms with van der Waals surface area (Å²) in [6, 6.07) is 3.05. The number of primary amides is 1. The number of hydrogen-bond acceptors (Lipinski definition) is 6. The molecule has 8 nitrogen and oxygen atoms in total. The van der Waals surface area contributed by atoms with Crippen LogP contribution < -0.4 is 16.2 Å². The molecule has 2 N–H and O–H groups in total. The summed E-state index contributed by atoms with van der Waals surface area (Å²) in [5.41, 5.74) is 2.64. The number of nitrogens with two attached hydrogens (primary N) is 1. The van der Waals surface area contributed by atoms with Gasteiger partial charge in [-0.15, -0.1) is 0 Å². The van der Waals surface area contributed by atoms with Crippen LogP contribution in [0.4, 0.5) is 23.2 Å². The Bertz CT molecular complexity index is 1390.